The van der Waals surface area contributed by atoms with Crippen LogP contribution in [-0.4, -0.2) is 9.78 Å². The Balaban J connectivity index is 1.92. The van der Waals surface area contributed by atoms with Crippen molar-refractivity contribution in [3.05, 3.63) is 60.1 Å². The monoisotopic (exact) mass is 257 g/mol. The first-order valence-electron chi connectivity index (χ1n) is 5.84. The molecule has 0 spiro atoms. The number of hydrogen-bond acceptors (Lipinski definition) is 3. The zero-order valence-electron chi connectivity index (χ0n) is 10.1. The molecule has 0 fully saturated rings. The lowest BCUT2D eigenvalue weighted by molar-refractivity contribution is 0.572. The maximum Gasteiger partial charge on any atom is 0.154 e. The molecule has 19 heavy (non-hydrogen) atoms. The minimum absolute atomic E-state index is 0.267. The molecule has 0 aliphatic carbocycles. The van der Waals surface area contributed by atoms with E-state index in [0.29, 0.717) is 29.4 Å². The fourth-order valence-electron chi connectivity index (χ4n) is 1.89. The second-order valence-electron chi connectivity index (χ2n) is 4.18. The molecule has 3 aromatic rings. The molecule has 2 aromatic heterocycles. The number of rotatable bonds is 3. The standard InChI is InChI=1S/C14H12FN3O/c15-11-5-2-1-4-10(11)9-18-14(16)8-12(17-18)13-6-3-7-19-13/h1-8H,9,16H2. The summed E-state index contributed by atoms with van der Waals surface area (Å²) in [6, 6.07) is 11.9. The highest BCUT2D eigenvalue weighted by Gasteiger charge is 2.11. The third kappa shape index (κ3) is 2.22. The molecule has 0 saturated carbocycles. The summed E-state index contributed by atoms with van der Waals surface area (Å²) < 4.78 is 20.4. The number of hydrogen-bond donors (Lipinski definition) is 1. The van der Waals surface area contributed by atoms with E-state index in [0.717, 1.165) is 0 Å². The van der Waals surface area contributed by atoms with Crippen LogP contribution in [0.1, 0.15) is 5.56 Å². The fourth-order valence-corrected chi connectivity index (χ4v) is 1.89. The van der Waals surface area contributed by atoms with Crippen LogP contribution < -0.4 is 5.73 Å². The summed E-state index contributed by atoms with van der Waals surface area (Å²) in [6.07, 6.45) is 1.57. The lowest BCUT2D eigenvalue weighted by Crippen LogP contribution is -2.07. The molecule has 0 amide bonds. The lowest BCUT2D eigenvalue weighted by atomic mass is 10.2. The van der Waals surface area contributed by atoms with Crippen molar-refractivity contribution in [3.8, 4) is 11.5 Å². The molecule has 0 unspecified atom stereocenters. The Labute approximate surface area is 109 Å². The van der Waals surface area contributed by atoms with E-state index in [1.807, 2.05) is 0 Å². The Morgan fingerprint density at radius 2 is 2.05 bits per heavy atom. The number of halogens is 1. The molecule has 1 aromatic carbocycles. The normalized spacial score (nSPS) is 10.8. The highest BCUT2D eigenvalue weighted by molar-refractivity contribution is 5.56. The van der Waals surface area contributed by atoms with Crippen molar-refractivity contribution >= 4 is 5.82 Å². The Morgan fingerprint density at radius 1 is 1.21 bits per heavy atom. The van der Waals surface area contributed by atoms with Gasteiger partial charge in [-0.3, -0.25) is 0 Å². The predicted molar refractivity (Wildman–Crippen MR) is 69.8 cm³/mol. The molecule has 4 nitrogen and oxygen atoms in total. The zero-order valence-corrected chi connectivity index (χ0v) is 10.1. The van der Waals surface area contributed by atoms with Crippen LogP contribution in [0, 0.1) is 5.82 Å². The molecule has 3 rings (SSSR count). The van der Waals surface area contributed by atoms with Crippen LogP contribution >= 0.6 is 0 Å². The molecule has 0 bridgehead atoms. The average molecular weight is 257 g/mol. The molecule has 0 aliphatic rings. The van der Waals surface area contributed by atoms with Crippen molar-refractivity contribution in [1.29, 1.82) is 0 Å². The van der Waals surface area contributed by atoms with Gasteiger partial charge in [-0.1, -0.05) is 18.2 Å². The van der Waals surface area contributed by atoms with E-state index < -0.39 is 0 Å². The molecule has 0 atom stereocenters. The number of furan rings is 1. The SMILES string of the molecule is Nc1cc(-c2ccco2)nn1Cc1ccccc1F. The Hall–Kier alpha value is -2.56. The van der Waals surface area contributed by atoms with Gasteiger partial charge in [-0.25, -0.2) is 9.07 Å². The minimum Gasteiger partial charge on any atom is -0.463 e. The van der Waals surface area contributed by atoms with E-state index in [1.165, 1.54) is 6.07 Å². The fraction of sp³-hybridized carbons (Fsp3) is 0.0714. The van der Waals surface area contributed by atoms with Crippen LogP contribution in [0.2, 0.25) is 0 Å². The summed E-state index contributed by atoms with van der Waals surface area (Å²) in [5, 5.41) is 4.32. The van der Waals surface area contributed by atoms with Crippen molar-refractivity contribution in [2.24, 2.45) is 0 Å². The van der Waals surface area contributed by atoms with Crippen LogP contribution in [0.3, 0.4) is 0 Å². The summed E-state index contributed by atoms with van der Waals surface area (Å²) in [4.78, 5) is 0. The summed E-state index contributed by atoms with van der Waals surface area (Å²) >= 11 is 0. The Kier molecular flexibility index (Phi) is 2.79. The number of benzene rings is 1. The second-order valence-corrected chi connectivity index (χ2v) is 4.18. The number of nitrogens with zero attached hydrogens (tertiary/aromatic N) is 2. The van der Waals surface area contributed by atoms with E-state index in [1.54, 1.807) is 47.3 Å². The van der Waals surface area contributed by atoms with Gasteiger partial charge in [-0.05, 0) is 18.2 Å². The van der Waals surface area contributed by atoms with E-state index in [-0.39, 0.29) is 5.82 Å². The second kappa shape index (κ2) is 4.61. The van der Waals surface area contributed by atoms with Crippen molar-refractivity contribution in [2.75, 3.05) is 5.73 Å². The molecule has 2 N–H and O–H groups in total. The molecular weight excluding hydrogens is 245 g/mol. The first kappa shape index (κ1) is 11.5. The highest BCUT2D eigenvalue weighted by Crippen LogP contribution is 2.21. The average Bonchev–Trinajstić information content (AvgIpc) is 3.02. The number of nitrogen functional groups attached to an aromatic ring is 1. The summed E-state index contributed by atoms with van der Waals surface area (Å²) in [7, 11) is 0. The molecule has 0 radical (unpaired) electrons. The largest absolute Gasteiger partial charge is 0.463 e. The highest BCUT2D eigenvalue weighted by atomic mass is 19.1. The predicted octanol–water partition coefficient (Wildman–Crippen LogP) is 2.91. The zero-order chi connectivity index (χ0) is 13.2. The number of nitrogens with two attached hydrogens (primary N) is 1. The number of aromatic nitrogens is 2. The third-order valence-corrected chi connectivity index (χ3v) is 2.86. The molecule has 5 heteroatoms. The van der Waals surface area contributed by atoms with Crippen LogP contribution in [0.5, 0.6) is 0 Å². The van der Waals surface area contributed by atoms with Crippen molar-refractivity contribution < 1.29 is 8.81 Å². The van der Waals surface area contributed by atoms with Crippen molar-refractivity contribution in [2.45, 2.75) is 6.54 Å². The minimum atomic E-state index is -0.267. The maximum atomic E-state index is 13.6. The molecular formula is C14H12FN3O. The van der Waals surface area contributed by atoms with Crippen molar-refractivity contribution in [3.63, 3.8) is 0 Å². The molecule has 0 saturated heterocycles. The topological polar surface area (TPSA) is 57.0 Å². The van der Waals surface area contributed by atoms with Crippen molar-refractivity contribution in [1.82, 2.24) is 9.78 Å². The van der Waals surface area contributed by atoms with E-state index in [4.69, 9.17) is 10.2 Å². The first-order chi connectivity index (χ1) is 9.24. The van der Waals surface area contributed by atoms with Gasteiger partial charge in [0, 0.05) is 11.6 Å². The molecule has 2 heterocycles. The van der Waals surface area contributed by atoms with Gasteiger partial charge in [0.2, 0.25) is 0 Å². The summed E-state index contributed by atoms with van der Waals surface area (Å²) in [5.41, 5.74) is 7.06. The van der Waals surface area contributed by atoms with Crippen LogP contribution in [0.4, 0.5) is 10.2 Å². The number of anilines is 1. The van der Waals surface area contributed by atoms with Gasteiger partial charge in [-0.15, -0.1) is 0 Å². The Bertz CT molecular complexity index is 689. The lowest BCUT2D eigenvalue weighted by Gasteiger charge is -2.04. The van der Waals surface area contributed by atoms with E-state index in [9.17, 15) is 4.39 Å². The van der Waals surface area contributed by atoms with E-state index in [2.05, 4.69) is 5.10 Å². The smallest absolute Gasteiger partial charge is 0.154 e. The van der Waals surface area contributed by atoms with Crippen LogP contribution in [0.15, 0.2) is 53.1 Å². The van der Waals surface area contributed by atoms with Crippen LogP contribution in [0.25, 0.3) is 11.5 Å². The quantitative estimate of drug-likeness (QED) is 0.784. The van der Waals surface area contributed by atoms with Gasteiger partial charge in [-0.2, -0.15) is 5.10 Å². The van der Waals surface area contributed by atoms with E-state index >= 15 is 0 Å². The Morgan fingerprint density at radius 3 is 2.79 bits per heavy atom. The maximum absolute atomic E-state index is 13.6. The summed E-state index contributed by atoms with van der Waals surface area (Å²) in [6.45, 7) is 0.291. The van der Waals surface area contributed by atoms with Gasteiger partial charge in [0.1, 0.15) is 17.3 Å². The van der Waals surface area contributed by atoms with Gasteiger partial charge in [0.05, 0.1) is 12.8 Å². The van der Waals surface area contributed by atoms with Gasteiger partial charge in [0.25, 0.3) is 0 Å². The summed E-state index contributed by atoms with van der Waals surface area (Å²) in [5.74, 6) is 0.839. The van der Waals surface area contributed by atoms with Crippen LogP contribution in [-0.2, 0) is 6.54 Å². The third-order valence-electron chi connectivity index (χ3n) is 2.86. The van der Waals surface area contributed by atoms with Gasteiger partial charge < -0.3 is 10.2 Å². The first-order valence-corrected chi connectivity index (χ1v) is 5.84. The molecule has 0 aliphatic heterocycles. The molecule has 96 valence electrons. The van der Waals surface area contributed by atoms with Gasteiger partial charge in [0.15, 0.2) is 5.76 Å². The van der Waals surface area contributed by atoms with Gasteiger partial charge >= 0.3 is 0 Å².